The summed E-state index contributed by atoms with van der Waals surface area (Å²) in [7, 11) is 0. The normalized spacial score (nSPS) is 18.9. The van der Waals surface area contributed by atoms with E-state index in [1.54, 1.807) is 16.8 Å². The molecule has 8 nitrogen and oxygen atoms in total. The lowest BCUT2D eigenvalue weighted by Crippen LogP contribution is -2.43. The molecule has 0 radical (unpaired) electrons. The van der Waals surface area contributed by atoms with E-state index >= 15 is 0 Å². The maximum absolute atomic E-state index is 11.8. The van der Waals surface area contributed by atoms with Gasteiger partial charge in [0.15, 0.2) is 0 Å². The third-order valence-corrected chi connectivity index (χ3v) is 5.65. The predicted molar refractivity (Wildman–Crippen MR) is 115 cm³/mol. The summed E-state index contributed by atoms with van der Waals surface area (Å²) in [6, 6.07) is 7.93. The molecule has 3 aromatic rings. The number of hydrogen-bond donors (Lipinski definition) is 4. The Morgan fingerprint density at radius 1 is 1.14 bits per heavy atom. The summed E-state index contributed by atoms with van der Waals surface area (Å²) in [5.74, 6) is 0.201. The van der Waals surface area contributed by atoms with Crippen molar-refractivity contribution in [1.29, 1.82) is 0 Å². The summed E-state index contributed by atoms with van der Waals surface area (Å²) in [6.45, 7) is 0. The second-order valence-corrected chi connectivity index (χ2v) is 7.81. The van der Waals surface area contributed by atoms with E-state index in [1.165, 1.54) is 6.20 Å². The zero-order valence-electron chi connectivity index (χ0n) is 15.8. The number of nitrogens with two attached hydrogens (primary N) is 2. The molecular formula is C20H23N7OS. The van der Waals surface area contributed by atoms with Gasteiger partial charge in [-0.15, -0.1) is 11.3 Å². The highest BCUT2D eigenvalue weighted by atomic mass is 32.1. The summed E-state index contributed by atoms with van der Waals surface area (Å²) in [4.78, 5) is 24.9. The highest BCUT2D eigenvalue weighted by Crippen LogP contribution is 2.25. The highest BCUT2D eigenvalue weighted by molar-refractivity contribution is 7.07. The Bertz CT molecular complexity index is 975. The van der Waals surface area contributed by atoms with Gasteiger partial charge >= 0.3 is 0 Å². The van der Waals surface area contributed by atoms with Gasteiger partial charge in [0.2, 0.25) is 5.95 Å². The van der Waals surface area contributed by atoms with Crippen LogP contribution in [-0.2, 0) is 0 Å². The van der Waals surface area contributed by atoms with Crippen LogP contribution in [0, 0.1) is 0 Å². The number of carbonyl (C=O) groups excluding carboxylic acids is 1. The summed E-state index contributed by atoms with van der Waals surface area (Å²) < 4.78 is 0. The number of aromatic nitrogens is 3. The van der Waals surface area contributed by atoms with Crippen molar-refractivity contribution >= 4 is 34.7 Å². The number of hydrogen-bond acceptors (Lipinski definition) is 8. The molecule has 6 N–H and O–H groups in total. The molecule has 0 spiro atoms. The van der Waals surface area contributed by atoms with Crippen molar-refractivity contribution in [3.8, 4) is 11.3 Å². The molecule has 0 aliphatic heterocycles. The number of carbonyl (C=O) groups is 1. The molecule has 4 rings (SSSR count). The number of rotatable bonds is 6. The molecule has 1 amide bonds. The van der Waals surface area contributed by atoms with Crippen molar-refractivity contribution in [3.05, 3.63) is 46.9 Å². The average molecular weight is 410 g/mol. The van der Waals surface area contributed by atoms with E-state index in [9.17, 15) is 4.79 Å². The topological polar surface area (TPSA) is 132 Å². The first-order chi connectivity index (χ1) is 14.1. The Labute approximate surface area is 172 Å². The number of thiazole rings is 1. The summed E-state index contributed by atoms with van der Waals surface area (Å²) in [5.41, 5.74) is 16.5. The fourth-order valence-electron chi connectivity index (χ4n) is 3.45. The first-order valence-corrected chi connectivity index (χ1v) is 10.5. The smallest absolute Gasteiger partial charge is 0.254 e. The molecule has 1 aliphatic carbocycles. The summed E-state index contributed by atoms with van der Waals surface area (Å²) in [6.07, 6.45) is 5.67. The van der Waals surface area contributed by atoms with Crippen LogP contribution in [0.25, 0.3) is 11.3 Å². The van der Waals surface area contributed by atoms with Gasteiger partial charge in [-0.3, -0.25) is 4.79 Å². The molecule has 1 saturated carbocycles. The Morgan fingerprint density at radius 2 is 1.93 bits per heavy atom. The van der Waals surface area contributed by atoms with Gasteiger partial charge in [-0.1, -0.05) is 25.0 Å². The SMILES string of the molecule is NC(=O)c1cnc(N[C@@H]2CCCC[C@@H]2N)nc1Nc1ccc(-c2cscn2)cc1. The van der Waals surface area contributed by atoms with Crippen molar-refractivity contribution in [2.45, 2.75) is 37.8 Å². The Hall–Kier alpha value is -3.04. The summed E-state index contributed by atoms with van der Waals surface area (Å²) in [5, 5.41) is 8.47. The van der Waals surface area contributed by atoms with Gasteiger partial charge in [0.05, 0.1) is 11.2 Å². The number of amides is 1. The van der Waals surface area contributed by atoms with Crippen LogP contribution >= 0.6 is 11.3 Å². The summed E-state index contributed by atoms with van der Waals surface area (Å²) >= 11 is 1.55. The minimum Gasteiger partial charge on any atom is -0.365 e. The Balaban J connectivity index is 1.55. The minimum atomic E-state index is -0.590. The second-order valence-electron chi connectivity index (χ2n) is 7.10. The van der Waals surface area contributed by atoms with Gasteiger partial charge < -0.3 is 22.1 Å². The molecule has 1 aliphatic rings. The predicted octanol–water partition coefficient (Wildman–Crippen LogP) is 3.12. The van der Waals surface area contributed by atoms with Crippen molar-refractivity contribution in [1.82, 2.24) is 15.0 Å². The molecule has 9 heteroatoms. The van der Waals surface area contributed by atoms with Crippen LogP contribution in [-0.4, -0.2) is 32.9 Å². The molecule has 150 valence electrons. The van der Waals surface area contributed by atoms with Crippen LogP contribution < -0.4 is 22.1 Å². The van der Waals surface area contributed by atoms with E-state index in [1.807, 2.05) is 29.6 Å². The zero-order valence-corrected chi connectivity index (χ0v) is 16.7. The highest BCUT2D eigenvalue weighted by Gasteiger charge is 2.23. The van der Waals surface area contributed by atoms with Crippen molar-refractivity contribution in [3.63, 3.8) is 0 Å². The molecule has 0 saturated heterocycles. The Morgan fingerprint density at radius 3 is 2.62 bits per heavy atom. The van der Waals surface area contributed by atoms with Gasteiger partial charge in [-0.05, 0) is 25.0 Å². The van der Waals surface area contributed by atoms with Gasteiger partial charge in [0.25, 0.3) is 5.91 Å². The van der Waals surface area contributed by atoms with Crippen molar-refractivity contribution < 1.29 is 4.79 Å². The Kier molecular flexibility index (Phi) is 5.68. The number of nitrogens with zero attached hydrogens (tertiary/aromatic N) is 3. The quantitative estimate of drug-likeness (QED) is 0.492. The van der Waals surface area contributed by atoms with E-state index in [-0.39, 0.29) is 17.6 Å². The van der Waals surface area contributed by atoms with Crippen molar-refractivity contribution in [2.75, 3.05) is 10.6 Å². The lowest BCUT2D eigenvalue weighted by molar-refractivity contribution is 0.100. The van der Waals surface area contributed by atoms with Crippen molar-refractivity contribution in [2.24, 2.45) is 11.5 Å². The van der Waals surface area contributed by atoms with Crippen LogP contribution in [0.5, 0.6) is 0 Å². The second kappa shape index (κ2) is 8.54. The first kappa shape index (κ1) is 19.3. The molecule has 0 bridgehead atoms. The van der Waals surface area contributed by atoms with Crippen LogP contribution in [0.3, 0.4) is 0 Å². The standard InChI is InChI=1S/C20H23N7OS/c21-15-3-1-2-4-16(15)26-20-23-9-14(18(22)28)19(27-20)25-13-7-5-12(6-8-13)17-10-29-11-24-17/h5-11,15-16H,1-4,21H2,(H2,22,28)(H2,23,25,26,27)/t15-,16+/m0/s1. The van der Waals surface area contributed by atoms with Crippen LogP contribution in [0.1, 0.15) is 36.0 Å². The molecule has 0 unspecified atom stereocenters. The molecule has 29 heavy (non-hydrogen) atoms. The fraction of sp³-hybridized carbons (Fsp3) is 0.300. The van der Waals surface area contributed by atoms with E-state index < -0.39 is 5.91 Å². The van der Waals surface area contributed by atoms with Gasteiger partial charge in [-0.2, -0.15) is 4.98 Å². The van der Waals surface area contributed by atoms with E-state index in [2.05, 4.69) is 25.6 Å². The molecular weight excluding hydrogens is 386 g/mol. The number of anilines is 3. The van der Waals surface area contributed by atoms with Crippen LogP contribution in [0.15, 0.2) is 41.4 Å². The lowest BCUT2D eigenvalue weighted by Gasteiger charge is -2.29. The van der Waals surface area contributed by atoms with Crippen LogP contribution in [0.2, 0.25) is 0 Å². The minimum absolute atomic E-state index is 0.0674. The lowest BCUT2D eigenvalue weighted by atomic mass is 9.91. The number of benzene rings is 1. The monoisotopic (exact) mass is 409 g/mol. The zero-order chi connectivity index (χ0) is 20.2. The third kappa shape index (κ3) is 4.52. The van der Waals surface area contributed by atoms with E-state index in [4.69, 9.17) is 11.5 Å². The molecule has 1 aromatic carbocycles. The fourth-order valence-corrected chi connectivity index (χ4v) is 4.01. The van der Waals surface area contributed by atoms with Gasteiger partial charge in [0.1, 0.15) is 11.4 Å². The van der Waals surface area contributed by atoms with Gasteiger partial charge in [0, 0.05) is 34.9 Å². The average Bonchev–Trinajstić information content (AvgIpc) is 3.25. The van der Waals surface area contributed by atoms with Crippen LogP contribution in [0.4, 0.5) is 17.5 Å². The number of nitrogens with one attached hydrogen (secondary N) is 2. The maximum atomic E-state index is 11.8. The first-order valence-electron chi connectivity index (χ1n) is 9.55. The maximum Gasteiger partial charge on any atom is 0.254 e. The molecule has 2 aromatic heterocycles. The third-order valence-electron chi connectivity index (χ3n) is 5.06. The molecule has 1 fully saturated rings. The largest absolute Gasteiger partial charge is 0.365 e. The molecule has 2 atom stereocenters. The van der Waals surface area contributed by atoms with E-state index in [0.717, 1.165) is 42.6 Å². The van der Waals surface area contributed by atoms with E-state index in [0.29, 0.717) is 11.8 Å². The number of primary amides is 1. The molecule has 2 heterocycles. The van der Waals surface area contributed by atoms with Gasteiger partial charge in [-0.25, -0.2) is 9.97 Å².